The number of fused-ring (bicyclic) bond motifs is 1. The fourth-order valence-corrected chi connectivity index (χ4v) is 4.47. The fourth-order valence-electron chi connectivity index (χ4n) is 3.01. The minimum atomic E-state index is -3.52. The first-order chi connectivity index (χ1) is 13.5. The molecule has 0 unspecified atom stereocenters. The van der Waals surface area contributed by atoms with Gasteiger partial charge in [0.25, 0.3) is 5.91 Å². The van der Waals surface area contributed by atoms with Gasteiger partial charge in [0.1, 0.15) is 5.82 Å². The Bertz CT molecular complexity index is 1020. The molecule has 8 heteroatoms. The molecule has 0 spiro atoms. The zero-order valence-electron chi connectivity index (χ0n) is 16.0. The SMILES string of the molecule is CCN(CC)S(=O)(=O)c1ccc(C(=O)NCCc2nc3ccccc3[nH]2)cc1. The molecule has 0 radical (unpaired) electrons. The quantitative estimate of drug-likeness (QED) is 0.607. The molecule has 0 bridgehead atoms. The average Bonchev–Trinajstić information content (AvgIpc) is 3.11. The smallest absolute Gasteiger partial charge is 0.251 e. The van der Waals surface area contributed by atoms with E-state index in [9.17, 15) is 13.2 Å². The summed E-state index contributed by atoms with van der Waals surface area (Å²) < 4.78 is 26.4. The van der Waals surface area contributed by atoms with Gasteiger partial charge in [0.05, 0.1) is 15.9 Å². The summed E-state index contributed by atoms with van der Waals surface area (Å²) in [5, 5.41) is 2.84. The third-order valence-corrected chi connectivity index (χ3v) is 6.61. The number of H-pyrrole nitrogens is 1. The Morgan fingerprint density at radius 3 is 2.39 bits per heavy atom. The van der Waals surface area contributed by atoms with Crippen molar-refractivity contribution in [2.45, 2.75) is 25.2 Å². The molecule has 3 aromatic rings. The van der Waals surface area contributed by atoms with Crippen LogP contribution >= 0.6 is 0 Å². The lowest BCUT2D eigenvalue weighted by Crippen LogP contribution is -2.30. The molecular weight excluding hydrogens is 376 g/mol. The molecule has 0 aliphatic rings. The highest BCUT2D eigenvalue weighted by atomic mass is 32.2. The van der Waals surface area contributed by atoms with Gasteiger partial charge in [-0.3, -0.25) is 4.79 Å². The summed E-state index contributed by atoms with van der Waals surface area (Å²) in [6.45, 7) is 4.83. The van der Waals surface area contributed by atoms with Crippen LogP contribution in [0, 0.1) is 0 Å². The van der Waals surface area contributed by atoms with Crippen LogP contribution in [0.5, 0.6) is 0 Å². The van der Waals surface area contributed by atoms with Crippen molar-refractivity contribution in [1.82, 2.24) is 19.6 Å². The van der Waals surface area contributed by atoms with E-state index in [0.29, 0.717) is 31.6 Å². The third-order valence-electron chi connectivity index (χ3n) is 4.55. The van der Waals surface area contributed by atoms with E-state index in [2.05, 4.69) is 15.3 Å². The number of para-hydroxylation sites is 2. The van der Waals surface area contributed by atoms with Crippen LogP contribution < -0.4 is 5.32 Å². The molecule has 28 heavy (non-hydrogen) atoms. The number of nitrogens with zero attached hydrogens (tertiary/aromatic N) is 2. The van der Waals surface area contributed by atoms with Gasteiger partial charge < -0.3 is 10.3 Å². The van der Waals surface area contributed by atoms with Crippen molar-refractivity contribution in [3.8, 4) is 0 Å². The van der Waals surface area contributed by atoms with Crippen molar-refractivity contribution in [3.05, 3.63) is 59.9 Å². The fraction of sp³-hybridized carbons (Fsp3) is 0.300. The summed E-state index contributed by atoms with van der Waals surface area (Å²) in [5.41, 5.74) is 2.28. The number of carbonyl (C=O) groups excluding carboxylic acids is 1. The van der Waals surface area contributed by atoms with Gasteiger partial charge in [-0.15, -0.1) is 0 Å². The Hall–Kier alpha value is -2.71. The van der Waals surface area contributed by atoms with E-state index in [0.717, 1.165) is 16.9 Å². The number of amides is 1. The van der Waals surface area contributed by atoms with Crippen LogP contribution in [0.25, 0.3) is 11.0 Å². The van der Waals surface area contributed by atoms with E-state index in [-0.39, 0.29) is 10.8 Å². The highest BCUT2D eigenvalue weighted by Gasteiger charge is 2.21. The summed E-state index contributed by atoms with van der Waals surface area (Å²) in [6.07, 6.45) is 0.578. The summed E-state index contributed by atoms with van der Waals surface area (Å²) >= 11 is 0. The molecule has 3 rings (SSSR count). The molecular formula is C20H24N4O3S. The maximum Gasteiger partial charge on any atom is 0.251 e. The van der Waals surface area contributed by atoms with Crippen molar-refractivity contribution in [2.24, 2.45) is 0 Å². The number of benzene rings is 2. The lowest BCUT2D eigenvalue weighted by molar-refractivity contribution is 0.0954. The van der Waals surface area contributed by atoms with Crippen LogP contribution in [0.15, 0.2) is 53.4 Å². The molecule has 1 heterocycles. The summed E-state index contributed by atoms with van der Waals surface area (Å²) in [7, 11) is -3.52. The summed E-state index contributed by atoms with van der Waals surface area (Å²) in [5.74, 6) is 0.560. The topological polar surface area (TPSA) is 95.2 Å². The first-order valence-electron chi connectivity index (χ1n) is 9.27. The van der Waals surface area contributed by atoms with Gasteiger partial charge >= 0.3 is 0 Å². The predicted molar refractivity (Wildman–Crippen MR) is 109 cm³/mol. The van der Waals surface area contributed by atoms with Gasteiger partial charge in [0, 0.05) is 31.6 Å². The molecule has 0 atom stereocenters. The molecule has 148 valence electrons. The first-order valence-corrected chi connectivity index (χ1v) is 10.7. The van der Waals surface area contributed by atoms with Gasteiger partial charge in [0.2, 0.25) is 10.0 Å². The molecule has 0 aliphatic heterocycles. The van der Waals surface area contributed by atoms with Gasteiger partial charge in [-0.05, 0) is 36.4 Å². The molecule has 2 aromatic carbocycles. The number of hydrogen-bond donors (Lipinski definition) is 2. The number of rotatable bonds is 8. The van der Waals surface area contributed by atoms with Crippen LogP contribution in [-0.4, -0.2) is 48.2 Å². The Balaban J connectivity index is 1.60. The average molecular weight is 401 g/mol. The van der Waals surface area contributed by atoms with Crippen molar-refractivity contribution in [2.75, 3.05) is 19.6 Å². The maximum atomic E-state index is 12.5. The van der Waals surface area contributed by atoms with Crippen LogP contribution in [0.4, 0.5) is 0 Å². The zero-order chi connectivity index (χ0) is 20.1. The zero-order valence-corrected chi connectivity index (χ0v) is 16.8. The number of carbonyl (C=O) groups is 1. The van der Waals surface area contributed by atoms with Crippen molar-refractivity contribution in [3.63, 3.8) is 0 Å². The second-order valence-corrected chi connectivity index (χ2v) is 8.26. The number of nitrogens with one attached hydrogen (secondary N) is 2. The van der Waals surface area contributed by atoms with E-state index in [1.807, 2.05) is 24.3 Å². The molecule has 2 N–H and O–H groups in total. The second kappa shape index (κ2) is 8.53. The molecule has 1 aromatic heterocycles. The Kier molecular flexibility index (Phi) is 6.11. The highest BCUT2D eigenvalue weighted by Crippen LogP contribution is 2.16. The van der Waals surface area contributed by atoms with Gasteiger partial charge in [-0.2, -0.15) is 4.31 Å². The van der Waals surface area contributed by atoms with E-state index in [1.165, 1.54) is 28.6 Å². The number of aromatic amines is 1. The first kappa shape index (κ1) is 20.0. The van der Waals surface area contributed by atoms with Crippen molar-refractivity contribution < 1.29 is 13.2 Å². The molecule has 7 nitrogen and oxygen atoms in total. The molecule has 0 saturated heterocycles. The van der Waals surface area contributed by atoms with E-state index < -0.39 is 10.0 Å². The van der Waals surface area contributed by atoms with Gasteiger partial charge in [-0.1, -0.05) is 26.0 Å². The largest absolute Gasteiger partial charge is 0.352 e. The molecule has 1 amide bonds. The van der Waals surface area contributed by atoms with Crippen LogP contribution in [0.1, 0.15) is 30.0 Å². The summed E-state index contributed by atoms with van der Waals surface area (Å²) in [6, 6.07) is 13.8. The molecule has 0 aliphatic carbocycles. The predicted octanol–water partition coefficient (Wildman–Crippen LogP) is 2.57. The monoisotopic (exact) mass is 400 g/mol. The third kappa shape index (κ3) is 4.23. The standard InChI is InChI=1S/C20H24N4O3S/c1-3-24(4-2)28(26,27)16-11-9-15(10-12-16)20(25)21-14-13-19-22-17-7-5-6-8-18(17)23-19/h5-12H,3-4,13-14H2,1-2H3,(H,21,25)(H,22,23). The number of hydrogen-bond acceptors (Lipinski definition) is 4. The van der Waals surface area contributed by atoms with Crippen LogP contribution in [0.3, 0.4) is 0 Å². The van der Waals surface area contributed by atoms with Crippen molar-refractivity contribution in [1.29, 1.82) is 0 Å². The van der Waals surface area contributed by atoms with Crippen LogP contribution in [0.2, 0.25) is 0 Å². The molecule has 0 saturated carbocycles. The van der Waals surface area contributed by atoms with E-state index in [1.54, 1.807) is 13.8 Å². The Morgan fingerprint density at radius 1 is 1.07 bits per heavy atom. The van der Waals surface area contributed by atoms with Gasteiger partial charge in [0.15, 0.2) is 0 Å². The van der Waals surface area contributed by atoms with E-state index in [4.69, 9.17) is 0 Å². The van der Waals surface area contributed by atoms with Crippen LogP contribution in [-0.2, 0) is 16.4 Å². The Labute approximate surface area is 164 Å². The number of aromatic nitrogens is 2. The maximum absolute atomic E-state index is 12.5. The normalized spacial score (nSPS) is 11.8. The highest BCUT2D eigenvalue weighted by molar-refractivity contribution is 7.89. The minimum Gasteiger partial charge on any atom is -0.352 e. The van der Waals surface area contributed by atoms with Crippen molar-refractivity contribution >= 4 is 27.0 Å². The van der Waals surface area contributed by atoms with E-state index >= 15 is 0 Å². The second-order valence-electron chi connectivity index (χ2n) is 6.32. The van der Waals surface area contributed by atoms with Gasteiger partial charge in [-0.25, -0.2) is 13.4 Å². The number of imidazole rings is 1. The lowest BCUT2D eigenvalue weighted by Gasteiger charge is -2.18. The Morgan fingerprint density at radius 2 is 1.75 bits per heavy atom. The minimum absolute atomic E-state index is 0.190. The summed E-state index contributed by atoms with van der Waals surface area (Å²) in [4.78, 5) is 20.2. The lowest BCUT2D eigenvalue weighted by atomic mass is 10.2. The number of sulfonamides is 1. The molecule has 0 fully saturated rings.